The summed E-state index contributed by atoms with van der Waals surface area (Å²) in [5, 5.41) is 9.24. The first-order valence-corrected chi connectivity index (χ1v) is 9.07. The van der Waals surface area contributed by atoms with Gasteiger partial charge < -0.3 is 4.90 Å². The summed E-state index contributed by atoms with van der Waals surface area (Å²) in [5.41, 5.74) is 2.32. The van der Waals surface area contributed by atoms with Gasteiger partial charge >= 0.3 is 0 Å². The van der Waals surface area contributed by atoms with E-state index in [1.165, 1.54) is 0 Å². The van der Waals surface area contributed by atoms with Crippen LogP contribution in [0.25, 0.3) is 0 Å². The van der Waals surface area contributed by atoms with Crippen LogP contribution < -0.4 is 0 Å². The molecule has 26 heavy (non-hydrogen) atoms. The first kappa shape index (κ1) is 18.2. The number of hydrogen-bond acceptors (Lipinski definition) is 3. The number of piperazine rings is 1. The summed E-state index contributed by atoms with van der Waals surface area (Å²) in [5.74, 6) is 0.181. The van der Waals surface area contributed by atoms with E-state index in [-0.39, 0.29) is 5.91 Å². The third-order valence-electron chi connectivity index (χ3n) is 5.22. The normalized spacial score (nSPS) is 15.5. The van der Waals surface area contributed by atoms with Crippen molar-refractivity contribution in [2.24, 2.45) is 0 Å². The Bertz CT molecular complexity index is 800. The van der Waals surface area contributed by atoms with Crippen molar-refractivity contribution in [3.05, 3.63) is 71.3 Å². The second kappa shape index (κ2) is 7.72. The van der Waals surface area contributed by atoms with Gasteiger partial charge in [-0.05, 0) is 31.0 Å². The molecule has 1 saturated heterocycles. The van der Waals surface area contributed by atoms with Gasteiger partial charge in [-0.2, -0.15) is 5.26 Å². The highest BCUT2D eigenvalue weighted by atomic mass is 16.2. The molecule has 2 aromatic carbocycles. The lowest BCUT2D eigenvalue weighted by atomic mass is 9.83. The molecular formula is C22H25N3O. The van der Waals surface area contributed by atoms with Crippen molar-refractivity contribution in [3.8, 4) is 6.07 Å². The molecule has 0 atom stereocenters. The van der Waals surface area contributed by atoms with E-state index in [4.69, 9.17) is 0 Å². The second-order valence-electron chi connectivity index (χ2n) is 7.33. The number of amides is 1. The Balaban J connectivity index is 1.62. The van der Waals surface area contributed by atoms with Gasteiger partial charge in [0.2, 0.25) is 5.91 Å². The highest BCUT2D eigenvalue weighted by Crippen LogP contribution is 2.26. The van der Waals surface area contributed by atoms with Crippen molar-refractivity contribution in [2.45, 2.75) is 25.8 Å². The molecule has 0 radical (unpaired) electrons. The molecule has 3 rings (SSSR count). The lowest BCUT2D eigenvalue weighted by molar-refractivity contribution is -0.138. The zero-order valence-corrected chi connectivity index (χ0v) is 15.5. The summed E-state index contributed by atoms with van der Waals surface area (Å²) in [4.78, 5) is 17.3. The van der Waals surface area contributed by atoms with Crippen LogP contribution in [0.5, 0.6) is 0 Å². The van der Waals surface area contributed by atoms with E-state index in [0.717, 1.165) is 49.4 Å². The smallest absolute Gasteiger partial charge is 0.232 e. The molecule has 1 aliphatic rings. The maximum atomic E-state index is 13.1. The van der Waals surface area contributed by atoms with E-state index in [9.17, 15) is 10.1 Å². The van der Waals surface area contributed by atoms with Crippen molar-refractivity contribution >= 4 is 5.91 Å². The van der Waals surface area contributed by atoms with Gasteiger partial charge in [-0.15, -0.1) is 0 Å². The molecule has 0 aromatic heterocycles. The van der Waals surface area contributed by atoms with Gasteiger partial charge in [0, 0.05) is 32.7 Å². The molecule has 1 amide bonds. The number of benzene rings is 2. The third kappa shape index (κ3) is 3.79. The van der Waals surface area contributed by atoms with Crippen LogP contribution in [0, 0.1) is 11.3 Å². The quantitative estimate of drug-likeness (QED) is 0.853. The van der Waals surface area contributed by atoms with Crippen molar-refractivity contribution in [3.63, 3.8) is 0 Å². The van der Waals surface area contributed by atoms with Crippen LogP contribution >= 0.6 is 0 Å². The average molecular weight is 347 g/mol. The Morgan fingerprint density at radius 1 is 1.00 bits per heavy atom. The summed E-state index contributed by atoms with van der Waals surface area (Å²) in [7, 11) is 0. The Morgan fingerprint density at radius 3 is 2.27 bits per heavy atom. The highest BCUT2D eigenvalue weighted by molar-refractivity contribution is 5.87. The molecule has 0 saturated carbocycles. The summed E-state index contributed by atoms with van der Waals surface area (Å²) >= 11 is 0. The number of nitriles is 1. The molecule has 134 valence electrons. The molecule has 0 N–H and O–H groups in total. The van der Waals surface area contributed by atoms with E-state index in [1.807, 2.05) is 73.3 Å². The largest absolute Gasteiger partial charge is 0.339 e. The molecule has 0 spiro atoms. The van der Waals surface area contributed by atoms with E-state index >= 15 is 0 Å². The van der Waals surface area contributed by atoms with Crippen LogP contribution in [-0.4, -0.2) is 41.9 Å². The molecule has 0 unspecified atom stereocenters. The number of rotatable bonds is 4. The van der Waals surface area contributed by atoms with Crippen molar-refractivity contribution in [1.29, 1.82) is 5.26 Å². The molecule has 1 fully saturated rings. The van der Waals surface area contributed by atoms with Crippen LogP contribution in [0.2, 0.25) is 0 Å². The molecule has 2 aromatic rings. The molecular weight excluding hydrogens is 322 g/mol. The van der Waals surface area contributed by atoms with Crippen molar-refractivity contribution in [2.75, 3.05) is 26.2 Å². The summed E-state index contributed by atoms with van der Waals surface area (Å²) in [6.45, 7) is 7.87. The summed E-state index contributed by atoms with van der Waals surface area (Å²) in [6.07, 6.45) is 0. The topological polar surface area (TPSA) is 47.3 Å². The fourth-order valence-corrected chi connectivity index (χ4v) is 3.49. The van der Waals surface area contributed by atoms with E-state index < -0.39 is 5.41 Å². The number of carbonyl (C=O) groups excluding carboxylic acids is 1. The minimum Gasteiger partial charge on any atom is -0.339 e. The van der Waals surface area contributed by atoms with Crippen LogP contribution in [0.1, 0.15) is 30.5 Å². The van der Waals surface area contributed by atoms with Gasteiger partial charge in [0.25, 0.3) is 0 Å². The Hall–Kier alpha value is -2.64. The van der Waals surface area contributed by atoms with Gasteiger partial charge in [0.05, 0.1) is 17.0 Å². The average Bonchev–Trinajstić information content (AvgIpc) is 2.69. The predicted molar refractivity (Wildman–Crippen MR) is 102 cm³/mol. The molecule has 4 heteroatoms. The van der Waals surface area contributed by atoms with Gasteiger partial charge in [0.1, 0.15) is 0 Å². The molecule has 1 heterocycles. The molecule has 4 nitrogen and oxygen atoms in total. The van der Waals surface area contributed by atoms with Gasteiger partial charge in [-0.1, -0.05) is 48.5 Å². The minimum absolute atomic E-state index is 0.181. The van der Waals surface area contributed by atoms with Gasteiger partial charge in [-0.3, -0.25) is 9.69 Å². The Kier molecular flexibility index (Phi) is 5.39. The zero-order valence-electron chi connectivity index (χ0n) is 15.5. The number of nitrogens with zero attached hydrogens (tertiary/aromatic N) is 3. The number of hydrogen-bond donors (Lipinski definition) is 0. The molecule has 1 aliphatic heterocycles. The first-order chi connectivity index (χ1) is 12.5. The Morgan fingerprint density at radius 2 is 1.62 bits per heavy atom. The maximum Gasteiger partial charge on any atom is 0.232 e. The highest BCUT2D eigenvalue weighted by Gasteiger charge is 2.35. The third-order valence-corrected chi connectivity index (χ3v) is 5.22. The van der Waals surface area contributed by atoms with Crippen LogP contribution in [0.15, 0.2) is 54.6 Å². The minimum atomic E-state index is -0.517. The second-order valence-corrected chi connectivity index (χ2v) is 7.33. The standard InChI is InChI=1S/C22H25N3O/c1-22(2,20-10-4-3-5-11-20)21(26)25-14-12-24(13-15-25)17-19-9-7-6-8-18(19)16-23/h3-11H,12-15,17H2,1-2H3. The van der Waals surface area contributed by atoms with Crippen LogP contribution in [-0.2, 0) is 16.8 Å². The lowest BCUT2D eigenvalue weighted by Crippen LogP contribution is -2.52. The molecule has 0 aliphatic carbocycles. The van der Waals surface area contributed by atoms with Crippen LogP contribution in [0.3, 0.4) is 0 Å². The monoisotopic (exact) mass is 347 g/mol. The molecule has 0 bridgehead atoms. The van der Waals surface area contributed by atoms with Gasteiger partial charge in [-0.25, -0.2) is 0 Å². The fourth-order valence-electron chi connectivity index (χ4n) is 3.49. The van der Waals surface area contributed by atoms with Gasteiger partial charge in [0.15, 0.2) is 0 Å². The van der Waals surface area contributed by atoms with E-state index in [1.54, 1.807) is 0 Å². The SMILES string of the molecule is CC(C)(C(=O)N1CCN(Cc2ccccc2C#N)CC1)c1ccccc1. The Labute approximate surface area is 155 Å². The summed E-state index contributed by atoms with van der Waals surface area (Å²) in [6, 6.07) is 20.0. The zero-order chi connectivity index (χ0) is 18.6. The van der Waals surface area contributed by atoms with E-state index in [2.05, 4.69) is 11.0 Å². The van der Waals surface area contributed by atoms with E-state index in [0.29, 0.717) is 0 Å². The lowest BCUT2D eigenvalue weighted by Gasteiger charge is -2.39. The maximum absolute atomic E-state index is 13.1. The van der Waals surface area contributed by atoms with Crippen LogP contribution in [0.4, 0.5) is 0 Å². The number of carbonyl (C=O) groups is 1. The van der Waals surface area contributed by atoms with Crippen molar-refractivity contribution in [1.82, 2.24) is 9.80 Å². The first-order valence-electron chi connectivity index (χ1n) is 9.07. The predicted octanol–water partition coefficient (Wildman–Crippen LogP) is 3.18. The van der Waals surface area contributed by atoms with Crippen molar-refractivity contribution < 1.29 is 4.79 Å². The summed E-state index contributed by atoms with van der Waals surface area (Å²) < 4.78 is 0. The fraction of sp³-hybridized carbons (Fsp3) is 0.364.